The predicted molar refractivity (Wildman–Crippen MR) is 133 cm³/mol. The Morgan fingerprint density at radius 2 is 2.03 bits per heavy atom. The van der Waals surface area contributed by atoms with Gasteiger partial charge < -0.3 is 13.9 Å². The topological polar surface area (TPSA) is 92.8 Å². The number of carbonyl (C=O) groups is 2. The molecule has 5 rings (SSSR count). The molecule has 2 aromatic rings. The van der Waals surface area contributed by atoms with Crippen molar-refractivity contribution in [2.75, 3.05) is 25.4 Å². The number of sulfonamides is 1. The van der Waals surface area contributed by atoms with Crippen LogP contribution in [0.25, 0.3) is 11.1 Å². The van der Waals surface area contributed by atoms with Gasteiger partial charge >= 0.3 is 0 Å². The number of rotatable bonds is 6. The smallest absolute Gasteiger partial charge is 0.270 e. The molecule has 2 aliphatic carbocycles. The van der Waals surface area contributed by atoms with Crippen LogP contribution in [0.2, 0.25) is 0 Å². The van der Waals surface area contributed by atoms with Crippen molar-refractivity contribution in [3.05, 3.63) is 36.2 Å². The maximum atomic E-state index is 13.6. The maximum absolute atomic E-state index is 13.6. The van der Waals surface area contributed by atoms with Crippen molar-refractivity contribution in [3.8, 4) is 0 Å². The molecule has 3 atom stereocenters. The van der Waals surface area contributed by atoms with Crippen LogP contribution in [0.5, 0.6) is 0 Å². The molecule has 0 aromatic carbocycles. The third kappa shape index (κ3) is 3.61. The fraction of sp³-hybridized carbons (Fsp3) is 0.615. The van der Waals surface area contributed by atoms with Gasteiger partial charge in [-0.2, -0.15) is 4.31 Å². The van der Waals surface area contributed by atoms with Crippen LogP contribution >= 0.6 is 0 Å². The first kappa shape index (κ1) is 24.3. The van der Waals surface area contributed by atoms with E-state index < -0.39 is 15.4 Å². The van der Waals surface area contributed by atoms with E-state index in [1.807, 2.05) is 30.5 Å². The number of carbonyl (C=O) groups excluding carboxylic acids is 2. The highest BCUT2D eigenvalue weighted by Gasteiger charge is 2.65. The Labute approximate surface area is 207 Å². The number of piperazine rings is 1. The lowest BCUT2D eigenvalue weighted by molar-refractivity contribution is -0.128. The molecule has 8 nitrogen and oxygen atoms in total. The molecule has 2 bridgehead atoms. The van der Waals surface area contributed by atoms with Gasteiger partial charge in [-0.3, -0.25) is 9.59 Å². The Hall–Kier alpha value is -2.39. The summed E-state index contributed by atoms with van der Waals surface area (Å²) in [7, 11) is -3.67. The highest BCUT2D eigenvalue weighted by molar-refractivity contribution is 7.89. The Morgan fingerprint density at radius 3 is 2.63 bits per heavy atom. The average Bonchev–Trinajstić information content (AvgIpc) is 3.46. The van der Waals surface area contributed by atoms with Gasteiger partial charge in [0.1, 0.15) is 11.5 Å². The van der Waals surface area contributed by atoms with Gasteiger partial charge in [-0.1, -0.05) is 26.0 Å². The minimum atomic E-state index is -3.67. The van der Waals surface area contributed by atoms with E-state index in [0.717, 1.165) is 17.4 Å². The van der Waals surface area contributed by atoms with Gasteiger partial charge in [-0.05, 0) is 50.2 Å². The lowest BCUT2D eigenvalue weighted by Crippen LogP contribution is -2.57. The Morgan fingerprint density at radius 1 is 1.29 bits per heavy atom. The highest BCUT2D eigenvalue weighted by Crippen LogP contribution is 2.64. The molecule has 1 saturated heterocycles. The van der Waals surface area contributed by atoms with Crippen LogP contribution in [0.15, 0.2) is 35.0 Å². The third-order valence-electron chi connectivity index (χ3n) is 8.93. The molecular formula is C26H35N3O5S. The van der Waals surface area contributed by atoms with E-state index >= 15 is 0 Å². The van der Waals surface area contributed by atoms with Crippen LogP contribution in [0, 0.1) is 16.7 Å². The minimum absolute atomic E-state index is 0.103. The monoisotopic (exact) mass is 501 g/mol. The lowest BCUT2D eigenvalue weighted by atomic mass is 9.70. The molecule has 2 aromatic heterocycles. The summed E-state index contributed by atoms with van der Waals surface area (Å²) in [5.74, 6) is 0.101. The van der Waals surface area contributed by atoms with Crippen molar-refractivity contribution < 1.29 is 22.4 Å². The highest BCUT2D eigenvalue weighted by atomic mass is 32.2. The van der Waals surface area contributed by atoms with E-state index in [1.54, 1.807) is 11.2 Å². The molecule has 2 saturated carbocycles. The SMILES string of the molecule is C=C(C)Cn1c(C(=O)N2CCN(S(=O)(=O)CC34CCC(CC3=O)C4(C)C)C(C)C2)cc2ccoc21. The van der Waals surface area contributed by atoms with Gasteiger partial charge in [0.05, 0.1) is 12.0 Å². The lowest BCUT2D eigenvalue weighted by Gasteiger charge is -2.42. The van der Waals surface area contributed by atoms with Gasteiger partial charge in [0.2, 0.25) is 15.7 Å². The van der Waals surface area contributed by atoms with Crippen LogP contribution in [0.3, 0.4) is 0 Å². The number of ketones is 1. The normalized spacial score (nSPS) is 28.8. The average molecular weight is 502 g/mol. The molecule has 3 aliphatic rings. The number of Topliss-reactive ketones (excluding diaryl/α,β-unsaturated/α-hetero) is 1. The number of fused-ring (bicyclic) bond motifs is 3. The summed E-state index contributed by atoms with van der Waals surface area (Å²) in [6.45, 7) is 13.1. The van der Waals surface area contributed by atoms with Crippen LogP contribution in [0.1, 0.15) is 57.4 Å². The quantitative estimate of drug-likeness (QED) is 0.563. The molecule has 190 valence electrons. The first-order valence-electron chi connectivity index (χ1n) is 12.4. The second-order valence-corrected chi connectivity index (χ2v) is 13.3. The molecule has 0 radical (unpaired) electrons. The second kappa shape index (κ2) is 8.06. The molecule has 0 N–H and O–H groups in total. The van der Waals surface area contributed by atoms with Crippen LogP contribution in [0.4, 0.5) is 0 Å². The number of aromatic nitrogens is 1. The predicted octanol–water partition coefficient (Wildman–Crippen LogP) is 3.68. The number of hydrogen-bond donors (Lipinski definition) is 0. The van der Waals surface area contributed by atoms with Crippen LogP contribution in [-0.4, -0.2) is 65.3 Å². The molecule has 0 spiro atoms. The van der Waals surface area contributed by atoms with Crippen molar-refractivity contribution >= 4 is 32.8 Å². The largest absolute Gasteiger partial charge is 0.448 e. The molecule has 1 aliphatic heterocycles. The Bertz CT molecular complexity index is 1320. The fourth-order valence-corrected chi connectivity index (χ4v) is 9.22. The standard InChI is InChI=1S/C26H35N3O5S/c1-17(2)14-28-21(12-19-7-11-34-24(19)28)23(31)27-9-10-29(18(3)15-27)35(32,33)16-26-8-6-20(13-22(26)30)25(26,4)5/h7,11-12,18,20H,1,6,8-10,13-16H2,2-5H3. The summed E-state index contributed by atoms with van der Waals surface area (Å²) in [4.78, 5) is 28.1. The van der Waals surface area contributed by atoms with E-state index in [-0.39, 0.29) is 41.4 Å². The van der Waals surface area contributed by atoms with Crippen molar-refractivity contribution in [1.29, 1.82) is 0 Å². The van der Waals surface area contributed by atoms with Crippen molar-refractivity contribution in [2.24, 2.45) is 16.7 Å². The first-order chi connectivity index (χ1) is 16.4. The fourth-order valence-electron chi connectivity index (χ4n) is 6.78. The summed E-state index contributed by atoms with van der Waals surface area (Å²) in [6.07, 6.45) is 3.66. The maximum Gasteiger partial charge on any atom is 0.270 e. The van der Waals surface area contributed by atoms with Crippen molar-refractivity contribution in [1.82, 2.24) is 13.8 Å². The molecule has 3 unspecified atom stereocenters. The summed E-state index contributed by atoms with van der Waals surface area (Å²) in [5.41, 5.74) is 0.948. The molecule has 3 heterocycles. The van der Waals surface area contributed by atoms with E-state index in [9.17, 15) is 18.0 Å². The number of nitrogens with zero attached hydrogens (tertiary/aromatic N) is 3. The van der Waals surface area contributed by atoms with Crippen molar-refractivity contribution in [2.45, 2.75) is 59.5 Å². The summed E-state index contributed by atoms with van der Waals surface area (Å²) in [5, 5.41) is 0.849. The number of allylic oxidation sites excluding steroid dienone is 1. The Balaban J connectivity index is 1.34. The third-order valence-corrected chi connectivity index (χ3v) is 11.0. The number of furan rings is 1. The molecule has 35 heavy (non-hydrogen) atoms. The van der Waals surface area contributed by atoms with Gasteiger partial charge in [0.15, 0.2) is 0 Å². The minimum Gasteiger partial charge on any atom is -0.448 e. The zero-order valence-electron chi connectivity index (χ0n) is 21.0. The first-order valence-corrected chi connectivity index (χ1v) is 14.0. The molecule has 9 heteroatoms. The van der Waals surface area contributed by atoms with E-state index in [4.69, 9.17) is 4.42 Å². The van der Waals surface area contributed by atoms with Gasteiger partial charge in [0, 0.05) is 49.4 Å². The van der Waals surface area contributed by atoms with Crippen LogP contribution < -0.4 is 0 Å². The number of hydrogen-bond acceptors (Lipinski definition) is 5. The second-order valence-electron chi connectivity index (χ2n) is 11.4. The van der Waals surface area contributed by atoms with E-state index in [2.05, 4.69) is 20.4 Å². The zero-order valence-corrected chi connectivity index (χ0v) is 21.9. The van der Waals surface area contributed by atoms with Gasteiger partial charge in [-0.25, -0.2) is 8.42 Å². The van der Waals surface area contributed by atoms with Crippen molar-refractivity contribution in [3.63, 3.8) is 0 Å². The van der Waals surface area contributed by atoms with E-state index in [1.165, 1.54) is 4.31 Å². The molecule has 1 amide bonds. The zero-order chi connectivity index (χ0) is 25.3. The van der Waals surface area contributed by atoms with Gasteiger partial charge in [-0.15, -0.1) is 0 Å². The van der Waals surface area contributed by atoms with E-state index in [0.29, 0.717) is 43.9 Å². The molecular weight excluding hydrogens is 466 g/mol. The van der Waals surface area contributed by atoms with Gasteiger partial charge in [0.25, 0.3) is 5.91 Å². The summed E-state index contributed by atoms with van der Waals surface area (Å²) < 4.78 is 36.2. The number of amides is 1. The molecule has 3 fully saturated rings. The Kier molecular flexibility index (Phi) is 5.60. The summed E-state index contributed by atoms with van der Waals surface area (Å²) >= 11 is 0. The van der Waals surface area contributed by atoms with Crippen LogP contribution in [-0.2, 0) is 21.4 Å². The summed E-state index contributed by atoms with van der Waals surface area (Å²) in [6, 6.07) is 3.27.